The fourth-order valence-corrected chi connectivity index (χ4v) is 3.72. The van der Waals surface area contributed by atoms with E-state index in [-0.39, 0.29) is 0 Å². The van der Waals surface area contributed by atoms with E-state index in [0.29, 0.717) is 12.6 Å². The Kier molecular flexibility index (Phi) is 5.74. The van der Waals surface area contributed by atoms with Crippen molar-refractivity contribution in [3.63, 3.8) is 0 Å². The first-order chi connectivity index (χ1) is 11.8. The van der Waals surface area contributed by atoms with Gasteiger partial charge in [0.05, 0.1) is 0 Å². The SMILES string of the molecule is CN=C(NCc1ccc(-n2ccnc2)nc1)NC1CCC(SC)C1. The van der Waals surface area contributed by atoms with Crippen molar-refractivity contribution in [2.45, 2.75) is 37.1 Å². The Morgan fingerprint density at radius 2 is 2.33 bits per heavy atom. The third kappa shape index (κ3) is 4.29. The van der Waals surface area contributed by atoms with Crippen LogP contribution in [0, 0.1) is 0 Å². The molecule has 3 rings (SSSR count). The molecule has 0 saturated heterocycles. The van der Waals surface area contributed by atoms with Crippen molar-refractivity contribution < 1.29 is 0 Å². The van der Waals surface area contributed by atoms with Gasteiger partial charge in [-0.1, -0.05) is 6.07 Å². The topological polar surface area (TPSA) is 67.1 Å². The molecule has 6 nitrogen and oxygen atoms in total. The van der Waals surface area contributed by atoms with Gasteiger partial charge in [-0.05, 0) is 37.1 Å². The van der Waals surface area contributed by atoms with Gasteiger partial charge in [0, 0.05) is 43.5 Å². The maximum atomic E-state index is 4.47. The number of guanidine groups is 1. The smallest absolute Gasteiger partial charge is 0.191 e. The van der Waals surface area contributed by atoms with Gasteiger partial charge in [-0.2, -0.15) is 11.8 Å². The summed E-state index contributed by atoms with van der Waals surface area (Å²) in [6.45, 7) is 0.704. The van der Waals surface area contributed by atoms with Crippen LogP contribution < -0.4 is 10.6 Å². The van der Waals surface area contributed by atoms with Gasteiger partial charge in [0.1, 0.15) is 12.1 Å². The van der Waals surface area contributed by atoms with E-state index < -0.39 is 0 Å². The molecule has 0 aliphatic heterocycles. The van der Waals surface area contributed by atoms with Gasteiger partial charge < -0.3 is 10.6 Å². The zero-order chi connectivity index (χ0) is 16.8. The van der Waals surface area contributed by atoms with E-state index in [4.69, 9.17) is 0 Å². The standard InChI is InChI=1S/C17H24N6S/c1-18-17(22-14-4-5-15(9-14)24-2)21-11-13-3-6-16(20-10-13)23-8-7-19-12-23/h3,6-8,10,12,14-15H,4-5,9,11H2,1-2H3,(H2,18,21,22). The number of hydrogen-bond acceptors (Lipinski definition) is 4. The van der Waals surface area contributed by atoms with Gasteiger partial charge >= 0.3 is 0 Å². The monoisotopic (exact) mass is 344 g/mol. The van der Waals surface area contributed by atoms with Crippen molar-refractivity contribution in [3.8, 4) is 5.82 Å². The molecule has 0 radical (unpaired) electrons. The second kappa shape index (κ2) is 8.19. The fourth-order valence-electron chi connectivity index (χ4n) is 2.93. The van der Waals surface area contributed by atoms with Crippen LogP contribution in [0.25, 0.3) is 5.82 Å². The normalized spacial score (nSPS) is 21.0. The van der Waals surface area contributed by atoms with Crippen LogP contribution in [0.3, 0.4) is 0 Å². The summed E-state index contributed by atoms with van der Waals surface area (Å²) in [5.74, 6) is 1.73. The first-order valence-corrected chi connectivity index (χ1v) is 9.50. The zero-order valence-electron chi connectivity index (χ0n) is 14.1. The number of aromatic nitrogens is 3. The molecule has 24 heavy (non-hydrogen) atoms. The summed E-state index contributed by atoms with van der Waals surface area (Å²) in [6, 6.07) is 4.59. The zero-order valence-corrected chi connectivity index (χ0v) is 15.0. The highest BCUT2D eigenvalue weighted by atomic mass is 32.2. The third-order valence-corrected chi connectivity index (χ3v) is 5.42. The molecule has 2 N–H and O–H groups in total. The lowest BCUT2D eigenvalue weighted by molar-refractivity contribution is 0.614. The van der Waals surface area contributed by atoms with Crippen molar-refractivity contribution in [2.24, 2.45) is 4.99 Å². The number of nitrogens with one attached hydrogen (secondary N) is 2. The Balaban J connectivity index is 1.50. The van der Waals surface area contributed by atoms with E-state index in [2.05, 4.69) is 37.9 Å². The summed E-state index contributed by atoms with van der Waals surface area (Å²) >= 11 is 1.97. The average Bonchev–Trinajstić information content (AvgIpc) is 3.30. The molecule has 1 aliphatic carbocycles. The molecule has 2 atom stereocenters. The molecular weight excluding hydrogens is 320 g/mol. The number of rotatable bonds is 5. The van der Waals surface area contributed by atoms with E-state index in [1.807, 2.05) is 41.8 Å². The molecule has 0 bridgehead atoms. The van der Waals surface area contributed by atoms with Gasteiger partial charge in [0.15, 0.2) is 5.96 Å². The van der Waals surface area contributed by atoms with Crippen LogP contribution in [0.1, 0.15) is 24.8 Å². The first-order valence-electron chi connectivity index (χ1n) is 8.21. The highest BCUT2D eigenvalue weighted by Crippen LogP contribution is 2.27. The summed E-state index contributed by atoms with van der Waals surface area (Å²) < 4.78 is 1.89. The predicted octanol–water partition coefficient (Wildman–Crippen LogP) is 2.22. The Morgan fingerprint density at radius 1 is 1.42 bits per heavy atom. The molecule has 2 unspecified atom stereocenters. The molecule has 0 aromatic carbocycles. The lowest BCUT2D eigenvalue weighted by Gasteiger charge is -2.17. The van der Waals surface area contributed by atoms with Crippen molar-refractivity contribution >= 4 is 17.7 Å². The van der Waals surface area contributed by atoms with Gasteiger partial charge in [-0.3, -0.25) is 9.56 Å². The number of imidazole rings is 1. The minimum Gasteiger partial charge on any atom is -0.354 e. The second-order valence-electron chi connectivity index (χ2n) is 5.93. The quantitative estimate of drug-likeness (QED) is 0.643. The van der Waals surface area contributed by atoms with Gasteiger partial charge in [-0.15, -0.1) is 0 Å². The van der Waals surface area contributed by atoms with Crippen LogP contribution >= 0.6 is 11.8 Å². The first kappa shape index (κ1) is 16.8. The van der Waals surface area contributed by atoms with E-state index in [1.165, 1.54) is 19.3 Å². The Hall–Kier alpha value is -2.02. The Bertz CT molecular complexity index is 652. The minimum atomic E-state index is 0.524. The van der Waals surface area contributed by atoms with E-state index in [9.17, 15) is 0 Å². The third-order valence-electron chi connectivity index (χ3n) is 4.32. The second-order valence-corrected chi connectivity index (χ2v) is 7.07. The lowest BCUT2D eigenvalue weighted by Crippen LogP contribution is -2.42. The summed E-state index contributed by atoms with van der Waals surface area (Å²) in [4.78, 5) is 12.8. The summed E-state index contributed by atoms with van der Waals surface area (Å²) in [5.41, 5.74) is 1.12. The number of aliphatic imine (C=N–C) groups is 1. The molecule has 2 heterocycles. The molecule has 7 heteroatoms. The van der Waals surface area contributed by atoms with Crippen molar-refractivity contribution in [1.29, 1.82) is 0 Å². The van der Waals surface area contributed by atoms with E-state index in [0.717, 1.165) is 22.6 Å². The van der Waals surface area contributed by atoms with Crippen LogP contribution in [-0.2, 0) is 6.54 Å². The molecule has 1 fully saturated rings. The van der Waals surface area contributed by atoms with Crippen LogP contribution in [0.15, 0.2) is 42.0 Å². The number of thioether (sulfide) groups is 1. The van der Waals surface area contributed by atoms with Gasteiger partial charge in [0.25, 0.3) is 0 Å². The molecule has 2 aromatic heterocycles. The molecule has 2 aromatic rings. The molecule has 0 amide bonds. The van der Waals surface area contributed by atoms with Crippen molar-refractivity contribution in [1.82, 2.24) is 25.2 Å². The predicted molar refractivity (Wildman–Crippen MR) is 99.6 cm³/mol. The highest BCUT2D eigenvalue weighted by Gasteiger charge is 2.24. The van der Waals surface area contributed by atoms with Crippen LogP contribution in [-0.4, -0.2) is 45.1 Å². The highest BCUT2D eigenvalue weighted by molar-refractivity contribution is 7.99. The molecule has 1 aliphatic rings. The van der Waals surface area contributed by atoms with Crippen molar-refractivity contribution in [3.05, 3.63) is 42.6 Å². The Labute approximate surface area is 147 Å². The van der Waals surface area contributed by atoms with Crippen LogP contribution in [0.4, 0.5) is 0 Å². The number of nitrogens with zero attached hydrogens (tertiary/aromatic N) is 4. The summed E-state index contributed by atoms with van der Waals surface area (Å²) in [7, 11) is 1.82. The Morgan fingerprint density at radius 3 is 2.96 bits per heavy atom. The maximum absolute atomic E-state index is 4.47. The van der Waals surface area contributed by atoms with Gasteiger partial charge in [-0.25, -0.2) is 9.97 Å². The summed E-state index contributed by atoms with van der Waals surface area (Å²) in [5, 5.41) is 7.68. The number of hydrogen-bond donors (Lipinski definition) is 2. The number of pyridine rings is 1. The van der Waals surface area contributed by atoms with Crippen molar-refractivity contribution in [2.75, 3.05) is 13.3 Å². The van der Waals surface area contributed by atoms with Crippen LogP contribution in [0.5, 0.6) is 0 Å². The molecule has 128 valence electrons. The minimum absolute atomic E-state index is 0.524. The average molecular weight is 344 g/mol. The van der Waals surface area contributed by atoms with Crippen LogP contribution in [0.2, 0.25) is 0 Å². The summed E-state index contributed by atoms with van der Waals surface area (Å²) in [6.07, 6.45) is 13.2. The fraction of sp³-hybridized carbons (Fsp3) is 0.471. The lowest BCUT2D eigenvalue weighted by atomic mass is 10.2. The van der Waals surface area contributed by atoms with E-state index in [1.54, 1.807) is 12.5 Å². The molecular formula is C17H24N6S. The maximum Gasteiger partial charge on any atom is 0.191 e. The van der Waals surface area contributed by atoms with Gasteiger partial charge in [0.2, 0.25) is 0 Å². The molecule has 1 saturated carbocycles. The van der Waals surface area contributed by atoms with E-state index >= 15 is 0 Å². The molecule has 0 spiro atoms. The largest absolute Gasteiger partial charge is 0.354 e.